The summed E-state index contributed by atoms with van der Waals surface area (Å²) >= 11 is 1.63. The van der Waals surface area contributed by atoms with Crippen LogP contribution in [0.4, 0.5) is 0 Å². The fourth-order valence-electron chi connectivity index (χ4n) is 2.69. The van der Waals surface area contributed by atoms with Crippen molar-refractivity contribution in [3.05, 3.63) is 36.2 Å². The van der Waals surface area contributed by atoms with Crippen LogP contribution in [0.25, 0.3) is 0 Å². The Labute approximate surface area is 152 Å². The molecule has 0 unspecified atom stereocenters. The second-order valence-electron chi connectivity index (χ2n) is 8.23. The molecule has 0 saturated carbocycles. The molecule has 0 aliphatic heterocycles. The summed E-state index contributed by atoms with van der Waals surface area (Å²) in [5.41, 5.74) is -0.741. The van der Waals surface area contributed by atoms with Crippen LogP contribution < -0.4 is 0 Å². The van der Waals surface area contributed by atoms with Gasteiger partial charge in [0.1, 0.15) is 0 Å². The van der Waals surface area contributed by atoms with Gasteiger partial charge in [-0.05, 0) is 42.8 Å². The van der Waals surface area contributed by atoms with E-state index in [2.05, 4.69) is 51.8 Å². The van der Waals surface area contributed by atoms with Crippen LogP contribution >= 0.6 is 11.8 Å². The van der Waals surface area contributed by atoms with Crippen LogP contribution in [0.5, 0.6) is 0 Å². The predicted molar refractivity (Wildman–Crippen MR) is 105 cm³/mol. The lowest BCUT2D eigenvalue weighted by molar-refractivity contribution is 0.0417. The largest absolute Gasteiger partial charge is 0.547 e. The highest BCUT2D eigenvalue weighted by molar-refractivity contribution is 8.00. The van der Waals surface area contributed by atoms with Gasteiger partial charge in [0.15, 0.2) is 0 Å². The molecular formula is C19H31NO2SSi. The molecular weight excluding hydrogens is 334 g/mol. The Hall–Kier alpha value is -0.783. The number of aromatic nitrogens is 1. The summed E-state index contributed by atoms with van der Waals surface area (Å²) in [6.45, 7) is 13.4. The van der Waals surface area contributed by atoms with E-state index in [-0.39, 0.29) is 10.3 Å². The average molecular weight is 366 g/mol. The van der Waals surface area contributed by atoms with Gasteiger partial charge < -0.3 is 9.53 Å². The van der Waals surface area contributed by atoms with E-state index >= 15 is 0 Å². The van der Waals surface area contributed by atoms with Crippen LogP contribution in [0.2, 0.25) is 18.1 Å². The average Bonchev–Trinajstić information content (AvgIpc) is 2.74. The highest BCUT2D eigenvalue weighted by atomic mass is 32.2. The number of pyridine rings is 1. The van der Waals surface area contributed by atoms with Crippen molar-refractivity contribution in [2.75, 3.05) is 0 Å². The van der Waals surface area contributed by atoms with Crippen molar-refractivity contribution in [3.8, 4) is 0 Å². The maximum absolute atomic E-state index is 11.2. The van der Waals surface area contributed by atoms with Gasteiger partial charge in [-0.2, -0.15) is 0 Å². The maximum Gasteiger partial charge on any atom is 0.250 e. The third kappa shape index (κ3) is 4.44. The van der Waals surface area contributed by atoms with E-state index in [9.17, 15) is 5.11 Å². The molecule has 2 rings (SSSR count). The monoisotopic (exact) mass is 365 g/mol. The highest BCUT2D eigenvalue weighted by Crippen LogP contribution is 2.46. The number of hydrogen-bond acceptors (Lipinski definition) is 4. The van der Waals surface area contributed by atoms with Crippen LogP contribution in [-0.4, -0.2) is 29.3 Å². The highest BCUT2D eigenvalue weighted by Gasteiger charge is 2.46. The summed E-state index contributed by atoms with van der Waals surface area (Å²) in [5.74, 6) is 0.964. The van der Waals surface area contributed by atoms with Gasteiger partial charge in [-0.1, -0.05) is 51.9 Å². The van der Waals surface area contributed by atoms with E-state index in [0.29, 0.717) is 6.42 Å². The van der Waals surface area contributed by atoms with Gasteiger partial charge in [-0.3, -0.25) is 0 Å². The van der Waals surface area contributed by atoms with Crippen LogP contribution in [0.15, 0.2) is 41.3 Å². The first-order valence-electron chi connectivity index (χ1n) is 8.77. The van der Waals surface area contributed by atoms with E-state index in [1.54, 1.807) is 18.0 Å². The van der Waals surface area contributed by atoms with Crippen molar-refractivity contribution >= 4 is 20.1 Å². The molecule has 0 fully saturated rings. The number of hydrogen-bond donors (Lipinski definition) is 1. The molecule has 1 aliphatic carbocycles. The lowest BCUT2D eigenvalue weighted by Crippen LogP contribution is -2.41. The standard InChI is InChI=1S/C19H31NO2SSi/c1-7-11-19(21)14-15(22-24(5,6)18(2,3)4)13-16(19)23-17-10-8-9-12-20-17/h8-10,12-13,16,21H,7,11,14H2,1-6H3/t16-,19-/m0/s1. The van der Waals surface area contributed by atoms with Crippen molar-refractivity contribution in [1.29, 1.82) is 0 Å². The molecule has 0 amide bonds. The van der Waals surface area contributed by atoms with Crippen LogP contribution in [0, 0.1) is 0 Å². The van der Waals surface area contributed by atoms with Gasteiger partial charge in [0.05, 0.1) is 21.6 Å². The van der Waals surface area contributed by atoms with E-state index in [1.807, 2.05) is 18.2 Å². The zero-order chi connectivity index (χ0) is 18.0. The summed E-state index contributed by atoms with van der Waals surface area (Å²) in [5, 5.41) is 12.3. The molecule has 5 heteroatoms. The molecule has 1 N–H and O–H groups in total. The molecule has 1 aliphatic rings. The minimum atomic E-state index is -1.88. The van der Waals surface area contributed by atoms with Crippen molar-refractivity contribution in [3.63, 3.8) is 0 Å². The molecule has 1 heterocycles. The second kappa shape index (κ2) is 7.22. The van der Waals surface area contributed by atoms with Gasteiger partial charge in [0.2, 0.25) is 8.32 Å². The first kappa shape index (κ1) is 19.5. The lowest BCUT2D eigenvalue weighted by atomic mass is 9.95. The molecule has 0 aromatic carbocycles. The van der Waals surface area contributed by atoms with Gasteiger partial charge in [0, 0.05) is 12.6 Å². The number of aliphatic hydroxyl groups is 1. The van der Waals surface area contributed by atoms with Gasteiger partial charge in [0.25, 0.3) is 0 Å². The maximum atomic E-state index is 11.2. The molecule has 2 atom stereocenters. The van der Waals surface area contributed by atoms with Crippen molar-refractivity contribution in [2.45, 2.75) is 81.0 Å². The van der Waals surface area contributed by atoms with E-state index in [0.717, 1.165) is 23.6 Å². The van der Waals surface area contributed by atoms with E-state index in [4.69, 9.17) is 4.43 Å². The number of nitrogens with zero attached hydrogens (tertiary/aromatic N) is 1. The van der Waals surface area contributed by atoms with Crippen LogP contribution in [0.3, 0.4) is 0 Å². The third-order valence-electron chi connectivity index (χ3n) is 5.11. The summed E-state index contributed by atoms with van der Waals surface area (Å²) in [6, 6.07) is 5.90. The first-order chi connectivity index (χ1) is 11.1. The Balaban J connectivity index is 2.20. The number of rotatable bonds is 6. The Bertz CT molecular complexity index is 583. The smallest absolute Gasteiger partial charge is 0.250 e. The Morgan fingerprint density at radius 3 is 2.62 bits per heavy atom. The number of thioether (sulfide) groups is 1. The zero-order valence-electron chi connectivity index (χ0n) is 15.8. The Morgan fingerprint density at radius 1 is 1.38 bits per heavy atom. The molecule has 0 radical (unpaired) electrons. The van der Waals surface area contributed by atoms with Crippen LogP contribution in [0.1, 0.15) is 47.0 Å². The molecule has 0 saturated heterocycles. The Morgan fingerprint density at radius 2 is 2.08 bits per heavy atom. The zero-order valence-corrected chi connectivity index (χ0v) is 17.6. The lowest BCUT2D eigenvalue weighted by Gasteiger charge is -2.37. The molecule has 3 nitrogen and oxygen atoms in total. The second-order valence-corrected chi connectivity index (χ2v) is 14.1. The SMILES string of the molecule is CCC[C@]1(O)CC(O[Si](C)(C)C(C)(C)C)=C[C@@H]1Sc1ccccn1. The van der Waals surface area contributed by atoms with Crippen molar-refractivity contribution < 1.29 is 9.53 Å². The summed E-state index contributed by atoms with van der Waals surface area (Å²) in [6.07, 6.45) is 6.27. The molecule has 0 spiro atoms. The van der Waals surface area contributed by atoms with Gasteiger partial charge >= 0.3 is 0 Å². The fourth-order valence-corrected chi connectivity index (χ4v) is 4.97. The van der Waals surface area contributed by atoms with E-state index in [1.165, 1.54) is 0 Å². The van der Waals surface area contributed by atoms with Gasteiger partial charge in [-0.15, -0.1) is 0 Å². The molecule has 134 valence electrons. The predicted octanol–water partition coefficient (Wildman–Crippen LogP) is 5.38. The topological polar surface area (TPSA) is 42.4 Å². The van der Waals surface area contributed by atoms with E-state index < -0.39 is 13.9 Å². The molecule has 0 bridgehead atoms. The normalized spacial score (nSPS) is 24.8. The summed E-state index contributed by atoms with van der Waals surface area (Å²) in [4.78, 5) is 4.40. The van der Waals surface area contributed by atoms with Crippen molar-refractivity contribution in [1.82, 2.24) is 4.98 Å². The van der Waals surface area contributed by atoms with Crippen molar-refractivity contribution in [2.24, 2.45) is 0 Å². The first-order valence-corrected chi connectivity index (χ1v) is 12.6. The molecule has 1 aromatic rings. The van der Waals surface area contributed by atoms with Gasteiger partial charge in [-0.25, -0.2) is 4.98 Å². The third-order valence-corrected chi connectivity index (χ3v) is 10.8. The summed E-state index contributed by atoms with van der Waals surface area (Å²) in [7, 11) is -1.88. The minimum absolute atomic E-state index is 0.00730. The van der Waals surface area contributed by atoms with Crippen LogP contribution in [-0.2, 0) is 4.43 Å². The minimum Gasteiger partial charge on any atom is -0.547 e. The fraction of sp³-hybridized carbons (Fsp3) is 0.632. The molecule has 24 heavy (non-hydrogen) atoms. The summed E-state index contributed by atoms with van der Waals surface area (Å²) < 4.78 is 6.48. The quantitative estimate of drug-likeness (QED) is 0.687. The Kier molecular flexibility index (Phi) is 5.88. The molecule has 1 aromatic heterocycles.